The van der Waals surface area contributed by atoms with Crippen LogP contribution in [0.1, 0.15) is 22.8 Å². The number of fused-ring (bicyclic) bond motifs is 1. The third-order valence-corrected chi connectivity index (χ3v) is 6.10. The Balaban J connectivity index is 1.48. The lowest BCUT2D eigenvalue weighted by Gasteiger charge is -2.17. The van der Waals surface area contributed by atoms with E-state index >= 15 is 0 Å². The van der Waals surface area contributed by atoms with Gasteiger partial charge in [-0.15, -0.1) is 11.8 Å². The molecular weight excluding hydrogens is 362 g/mol. The molecule has 0 radical (unpaired) electrons. The second kappa shape index (κ2) is 7.60. The number of hydrogen-bond donors (Lipinski definition) is 1. The Labute approximate surface area is 161 Å². The van der Waals surface area contributed by atoms with Crippen molar-refractivity contribution in [2.45, 2.75) is 11.8 Å². The molecule has 2 aliphatic heterocycles. The van der Waals surface area contributed by atoms with E-state index in [-0.39, 0.29) is 5.91 Å². The number of carbonyl (C=O) groups is 1. The van der Waals surface area contributed by atoms with Crippen LogP contribution in [0.15, 0.2) is 63.8 Å². The Bertz CT molecular complexity index is 890. The minimum atomic E-state index is -0.0705. The summed E-state index contributed by atoms with van der Waals surface area (Å²) in [7, 11) is 0. The summed E-state index contributed by atoms with van der Waals surface area (Å²) >= 11 is 3.36. The van der Waals surface area contributed by atoms with Crippen LogP contribution in [0.2, 0.25) is 0 Å². The molecule has 4 rings (SSSR count). The third-order valence-electron chi connectivity index (χ3n) is 4.24. The summed E-state index contributed by atoms with van der Waals surface area (Å²) in [5, 5.41) is 6.24. The highest BCUT2D eigenvalue weighted by molar-refractivity contribution is 8.16. The zero-order valence-electron chi connectivity index (χ0n) is 14.4. The first-order valence-electron chi connectivity index (χ1n) is 8.58. The van der Waals surface area contributed by atoms with Gasteiger partial charge in [-0.25, -0.2) is 0 Å². The summed E-state index contributed by atoms with van der Waals surface area (Å²) in [6.07, 6.45) is 0. The molecule has 6 heteroatoms. The molecule has 2 aromatic carbocycles. The molecule has 0 spiro atoms. The average Bonchev–Trinajstić information content (AvgIpc) is 3.27. The zero-order valence-corrected chi connectivity index (χ0v) is 16.1. The van der Waals surface area contributed by atoms with E-state index < -0.39 is 0 Å². The first kappa shape index (κ1) is 17.2. The van der Waals surface area contributed by atoms with Gasteiger partial charge in [-0.3, -0.25) is 9.79 Å². The molecule has 0 aliphatic carbocycles. The van der Waals surface area contributed by atoms with Gasteiger partial charge >= 0.3 is 0 Å². The lowest BCUT2D eigenvalue weighted by atomic mass is 10.1. The van der Waals surface area contributed by atoms with Crippen LogP contribution >= 0.6 is 23.5 Å². The van der Waals surface area contributed by atoms with Crippen LogP contribution in [0.25, 0.3) is 5.70 Å². The summed E-state index contributed by atoms with van der Waals surface area (Å²) in [6, 6.07) is 15.7. The van der Waals surface area contributed by atoms with Gasteiger partial charge in [0.05, 0.1) is 17.8 Å². The molecule has 1 amide bonds. The first-order chi connectivity index (χ1) is 12.8. The molecule has 26 heavy (non-hydrogen) atoms. The molecular formula is C20H19N3OS2. The second-order valence-electron chi connectivity index (χ2n) is 5.90. The van der Waals surface area contributed by atoms with Gasteiger partial charge in [-0.2, -0.15) is 0 Å². The number of nitrogens with zero attached hydrogens (tertiary/aromatic N) is 2. The number of benzene rings is 2. The van der Waals surface area contributed by atoms with E-state index in [0.717, 1.165) is 45.7 Å². The Kier molecular flexibility index (Phi) is 5.04. The highest BCUT2D eigenvalue weighted by atomic mass is 32.2. The minimum absolute atomic E-state index is 0.0705. The van der Waals surface area contributed by atoms with Gasteiger partial charge in [0.25, 0.3) is 5.91 Å². The largest absolute Gasteiger partial charge is 0.322 e. The van der Waals surface area contributed by atoms with Gasteiger partial charge in [0, 0.05) is 22.5 Å². The molecule has 0 aromatic heterocycles. The fraction of sp³-hybridized carbons (Fsp3) is 0.200. The summed E-state index contributed by atoms with van der Waals surface area (Å²) in [5.74, 6) is 0.868. The Morgan fingerprint density at radius 2 is 2.04 bits per heavy atom. The molecule has 4 nitrogen and oxygen atoms in total. The molecule has 2 heterocycles. The van der Waals surface area contributed by atoms with E-state index in [0.29, 0.717) is 0 Å². The Morgan fingerprint density at radius 3 is 2.85 bits per heavy atom. The number of aliphatic imine (C=N–C) groups is 1. The van der Waals surface area contributed by atoms with Crippen molar-refractivity contribution in [2.24, 2.45) is 4.99 Å². The van der Waals surface area contributed by atoms with Crippen molar-refractivity contribution >= 4 is 46.0 Å². The number of amidine groups is 1. The number of rotatable bonds is 5. The van der Waals surface area contributed by atoms with Crippen molar-refractivity contribution in [3.05, 3.63) is 65.1 Å². The molecule has 0 saturated carbocycles. The standard InChI is InChI=1S/C20H19N3OS2/c1-2-25-18-6-4-3-5-16(18)19(24)22-15-9-7-14(8-10-15)17-13-26-20-21-11-12-23(17)20/h3-10,13H,2,11-12H2,1H3,(H,22,24). The van der Waals surface area contributed by atoms with Crippen LogP contribution in [0, 0.1) is 0 Å². The fourth-order valence-corrected chi connectivity index (χ4v) is 4.77. The number of hydrogen-bond acceptors (Lipinski definition) is 5. The van der Waals surface area contributed by atoms with Gasteiger partial charge in [0.2, 0.25) is 0 Å². The van der Waals surface area contributed by atoms with Crippen LogP contribution in [0.5, 0.6) is 0 Å². The van der Waals surface area contributed by atoms with Gasteiger partial charge in [-0.05, 0) is 35.6 Å². The maximum absolute atomic E-state index is 12.6. The van der Waals surface area contributed by atoms with Crippen molar-refractivity contribution in [3.63, 3.8) is 0 Å². The second-order valence-corrected chi connectivity index (χ2v) is 8.04. The van der Waals surface area contributed by atoms with Gasteiger partial charge < -0.3 is 10.2 Å². The topological polar surface area (TPSA) is 44.7 Å². The summed E-state index contributed by atoms with van der Waals surface area (Å²) in [5.41, 5.74) is 3.85. The Hall–Kier alpha value is -2.18. The predicted molar refractivity (Wildman–Crippen MR) is 112 cm³/mol. The van der Waals surface area contributed by atoms with Gasteiger partial charge in [-0.1, -0.05) is 43.0 Å². The van der Waals surface area contributed by atoms with Crippen molar-refractivity contribution in [1.82, 2.24) is 4.90 Å². The lowest BCUT2D eigenvalue weighted by molar-refractivity contribution is 0.102. The number of nitrogens with one attached hydrogen (secondary N) is 1. The lowest BCUT2D eigenvalue weighted by Crippen LogP contribution is -2.19. The van der Waals surface area contributed by atoms with E-state index in [1.54, 1.807) is 23.5 Å². The van der Waals surface area contributed by atoms with E-state index in [1.165, 1.54) is 5.70 Å². The summed E-state index contributed by atoms with van der Waals surface area (Å²) < 4.78 is 0. The molecule has 0 atom stereocenters. The number of anilines is 1. The smallest absolute Gasteiger partial charge is 0.256 e. The van der Waals surface area contributed by atoms with Crippen LogP contribution in [0.3, 0.4) is 0 Å². The first-order valence-corrected chi connectivity index (χ1v) is 10.4. The van der Waals surface area contributed by atoms with Gasteiger partial charge in [0.15, 0.2) is 5.17 Å². The van der Waals surface area contributed by atoms with Gasteiger partial charge in [0.1, 0.15) is 0 Å². The molecule has 2 aromatic rings. The minimum Gasteiger partial charge on any atom is -0.322 e. The van der Waals surface area contributed by atoms with Crippen molar-refractivity contribution in [1.29, 1.82) is 0 Å². The van der Waals surface area contributed by atoms with Crippen LogP contribution < -0.4 is 5.32 Å². The van der Waals surface area contributed by atoms with Crippen molar-refractivity contribution in [2.75, 3.05) is 24.2 Å². The summed E-state index contributed by atoms with van der Waals surface area (Å²) in [6.45, 7) is 3.89. The molecule has 0 saturated heterocycles. The predicted octanol–water partition coefficient (Wildman–Crippen LogP) is 4.77. The molecule has 2 aliphatic rings. The monoisotopic (exact) mass is 381 g/mol. The molecule has 0 unspecified atom stereocenters. The van der Waals surface area contributed by atoms with Crippen LogP contribution in [-0.2, 0) is 0 Å². The maximum Gasteiger partial charge on any atom is 0.256 e. The maximum atomic E-state index is 12.6. The highest BCUT2D eigenvalue weighted by Crippen LogP contribution is 2.35. The van der Waals surface area contributed by atoms with Crippen molar-refractivity contribution < 1.29 is 4.79 Å². The number of amides is 1. The zero-order chi connectivity index (χ0) is 17.9. The molecule has 0 fully saturated rings. The molecule has 0 bridgehead atoms. The highest BCUT2D eigenvalue weighted by Gasteiger charge is 2.26. The number of carbonyl (C=O) groups excluding carboxylic acids is 1. The summed E-state index contributed by atoms with van der Waals surface area (Å²) in [4.78, 5) is 20.4. The van der Waals surface area contributed by atoms with E-state index in [1.807, 2.05) is 36.4 Å². The Morgan fingerprint density at radius 1 is 1.23 bits per heavy atom. The normalized spacial score (nSPS) is 15.5. The third kappa shape index (κ3) is 3.39. The van der Waals surface area contributed by atoms with Crippen molar-refractivity contribution in [3.8, 4) is 0 Å². The fourth-order valence-electron chi connectivity index (χ4n) is 3.01. The van der Waals surface area contributed by atoms with Crippen LogP contribution in [0.4, 0.5) is 5.69 Å². The van der Waals surface area contributed by atoms with E-state index in [2.05, 4.69) is 39.7 Å². The average molecular weight is 382 g/mol. The molecule has 1 N–H and O–H groups in total. The van der Waals surface area contributed by atoms with Crippen LogP contribution in [-0.4, -0.2) is 34.8 Å². The van der Waals surface area contributed by atoms with E-state index in [4.69, 9.17) is 0 Å². The molecule has 132 valence electrons. The number of thioether (sulfide) groups is 2. The SMILES string of the molecule is CCSc1ccccc1C(=O)Nc1ccc(C2=CSC3=NCCN23)cc1. The quantitative estimate of drug-likeness (QED) is 0.758. The van der Waals surface area contributed by atoms with E-state index in [9.17, 15) is 4.79 Å².